The molecule has 3 aromatic heterocycles. The third-order valence-corrected chi connectivity index (χ3v) is 4.66. The molecule has 0 radical (unpaired) electrons. The molecule has 0 aliphatic rings. The molecule has 0 aliphatic carbocycles. The molecule has 0 saturated carbocycles. The van der Waals surface area contributed by atoms with Gasteiger partial charge in [-0.3, -0.25) is 14.2 Å². The molecule has 156 valence electrons. The lowest BCUT2D eigenvalue weighted by atomic mass is 10.2. The number of anilines is 3. The number of amides is 1. The molecule has 4 aromatic rings. The maximum atomic E-state index is 12.3. The van der Waals surface area contributed by atoms with E-state index in [4.69, 9.17) is 0 Å². The molecule has 0 fully saturated rings. The molecule has 0 spiro atoms. The predicted molar refractivity (Wildman–Crippen MR) is 115 cm³/mol. The minimum absolute atomic E-state index is 0.107. The summed E-state index contributed by atoms with van der Waals surface area (Å²) in [7, 11) is 0. The average molecular weight is 416 g/mol. The van der Waals surface area contributed by atoms with Gasteiger partial charge in [0.2, 0.25) is 5.91 Å². The van der Waals surface area contributed by atoms with E-state index in [1.54, 1.807) is 49.1 Å². The van der Waals surface area contributed by atoms with E-state index in [2.05, 4.69) is 30.7 Å². The van der Waals surface area contributed by atoms with Crippen LogP contribution in [0.3, 0.4) is 0 Å². The Hall–Kier alpha value is -4.34. The van der Waals surface area contributed by atoms with Crippen LogP contribution in [0.5, 0.6) is 0 Å². The van der Waals surface area contributed by atoms with Crippen LogP contribution in [0.4, 0.5) is 17.2 Å². The zero-order valence-electron chi connectivity index (χ0n) is 17.0. The molecule has 1 amide bonds. The van der Waals surface area contributed by atoms with Gasteiger partial charge in [-0.05, 0) is 44.2 Å². The minimum Gasteiger partial charge on any atom is -0.340 e. The second-order valence-electron chi connectivity index (χ2n) is 6.85. The first-order chi connectivity index (χ1) is 15.0. The van der Waals surface area contributed by atoms with Gasteiger partial charge in [-0.25, -0.2) is 19.6 Å². The van der Waals surface area contributed by atoms with E-state index in [0.717, 1.165) is 5.69 Å². The molecule has 10 nitrogen and oxygen atoms in total. The first-order valence-corrected chi connectivity index (χ1v) is 9.51. The van der Waals surface area contributed by atoms with Crippen LogP contribution in [0.1, 0.15) is 11.3 Å². The molecule has 0 saturated heterocycles. The van der Waals surface area contributed by atoms with Gasteiger partial charge in [0, 0.05) is 41.1 Å². The third kappa shape index (κ3) is 4.64. The molecule has 2 N–H and O–H groups in total. The van der Waals surface area contributed by atoms with Crippen molar-refractivity contribution in [3.63, 3.8) is 0 Å². The van der Waals surface area contributed by atoms with Crippen molar-refractivity contribution in [3.8, 4) is 5.82 Å². The van der Waals surface area contributed by atoms with Crippen LogP contribution in [0, 0.1) is 13.8 Å². The molecule has 0 bridgehead atoms. The highest BCUT2D eigenvalue weighted by atomic mass is 16.2. The van der Waals surface area contributed by atoms with Crippen molar-refractivity contribution in [2.75, 3.05) is 10.6 Å². The van der Waals surface area contributed by atoms with E-state index in [1.165, 1.54) is 17.2 Å². The van der Waals surface area contributed by atoms with Crippen molar-refractivity contribution >= 4 is 23.1 Å². The fourth-order valence-corrected chi connectivity index (χ4v) is 2.87. The third-order valence-electron chi connectivity index (χ3n) is 4.66. The van der Waals surface area contributed by atoms with Crippen molar-refractivity contribution in [3.05, 3.63) is 83.1 Å². The molecule has 0 atom stereocenters. The Morgan fingerprint density at radius 2 is 1.84 bits per heavy atom. The maximum absolute atomic E-state index is 12.3. The van der Waals surface area contributed by atoms with Crippen molar-refractivity contribution in [1.82, 2.24) is 29.3 Å². The summed E-state index contributed by atoms with van der Waals surface area (Å²) >= 11 is 0. The van der Waals surface area contributed by atoms with Crippen LogP contribution in [0.25, 0.3) is 5.82 Å². The molecule has 1 aromatic carbocycles. The number of carbonyl (C=O) groups is 1. The van der Waals surface area contributed by atoms with Gasteiger partial charge >= 0.3 is 0 Å². The summed E-state index contributed by atoms with van der Waals surface area (Å²) < 4.78 is 2.93. The number of nitrogens with zero attached hydrogens (tertiary/aromatic N) is 6. The standard InChI is InChI=1S/C21H20N8O2/c1-14-15(2)24-13-28(21(14)31)11-20(30)27-17-6-4-16(5-7-17)26-18-10-19(23-12-22-18)29-9-3-8-25-29/h3-10,12-13H,11H2,1-2H3,(H,27,30)(H,22,23,26). The molecule has 0 aliphatic heterocycles. The van der Waals surface area contributed by atoms with E-state index < -0.39 is 0 Å². The second kappa shape index (κ2) is 8.57. The van der Waals surface area contributed by atoms with E-state index in [9.17, 15) is 9.59 Å². The largest absolute Gasteiger partial charge is 0.340 e. The average Bonchev–Trinajstić information content (AvgIpc) is 3.31. The minimum atomic E-state index is -0.312. The maximum Gasteiger partial charge on any atom is 0.256 e. The Bertz CT molecular complexity index is 1260. The van der Waals surface area contributed by atoms with Crippen LogP contribution in [0.2, 0.25) is 0 Å². The summed E-state index contributed by atoms with van der Waals surface area (Å²) in [6, 6.07) is 10.7. The number of rotatable bonds is 6. The van der Waals surface area contributed by atoms with E-state index in [1.807, 2.05) is 18.2 Å². The van der Waals surface area contributed by atoms with Gasteiger partial charge in [-0.2, -0.15) is 5.10 Å². The fourth-order valence-electron chi connectivity index (χ4n) is 2.87. The summed E-state index contributed by atoms with van der Waals surface area (Å²) in [5.74, 6) is 0.939. The normalized spacial score (nSPS) is 10.6. The molecule has 3 heterocycles. The lowest BCUT2D eigenvalue weighted by Crippen LogP contribution is -2.29. The zero-order chi connectivity index (χ0) is 21.8. The first kappa shape index (κ1) is 20.0. The predicted octanol–water partition coefficient (Wildman–Crippen LogP) is 2.22. The highest BCUT2D eigenvalue weighted by Crippen LogP contribution is 2.18. The van der Waals surface area contributed by atoms with Crippen molar-refractivity contribution in [2.24, 2.45) is 0 Å². The SMILES string of the molecule is Cc1ncn(CC(=O)Nc2ccc(Nc3cc(-n4cccn4)ncn3)cc2)c(=O)c1C. The summed E-state index contributed by atoms with van der Waals surface area (Å²) in [6.45, 7) is 3.35. The Morgan fingerprint density at radius 3 is 2.58 bits per heavy atom. The van der Waals surface area contributed by atoms with E-state index in [-0.39, 0.29) is 18.0 Å². The molecular formula is C21H20N8O2. The van der Waals surface area contributed by atoms with Gasteiger partial charge in [0.15, 0.2) is 5.82 Å². The van der Waals surface area contributed by atoms with Crippen molar-refractivity contribution in [1.29, 1.82) is 0 Å². The summed E-state index contributed by atoms with van der Waals surface area (Å²) in [6.07, 6.45) is 6.31. The van der Waals surface area contributed by atoms with Gasteiger partial charge in [-0.1, -0.05) is 0 Å². The molecular weight excluding hydrogens is 396 g/mol. The van der Waals surface area contributed by atoms with E-state index in [0.29, 0.717) is 28.6 Å². The van der Waals surface area contributed by atoms with Gasteiger partial charge in [0.1, 0.15) is 18.7 Å². The lowest BCUT2D eigenvalue weighted by Gasteiger charge is -2.10. The van der Waals surface area contributed by atoms with Gasteiger partial charge in [-0.15, -0.1) is 0 Å². The Labute approximate surface area is 177 Å². The molecule has 0 unspecified atom stereocenters. The number of carbonyl (C=O) groups excluding carboxylic acids is 1. The van der Waals surface area contributed by atoms with Gasteiger partial charge in [0.05, 0.1) is 6.33 Å². The molecule has 31 heavy (non-hydrogen) atoms. The summed E-state index contributed by atoms with van der Waals surface area (Å²) in [5, 5.41) is 10.1. The highest BCUT2D eigenvalue weighted by Gasteiger charge is 2.09. The number of aromatic nitrogens is 6. The number of hydrogen-bond donors (Lipinski definition) is 2. The lowest BCUT2D eigenvalue weighted by molar-refractivity contribution is -0.116. The number of benzene rings is 1. The first-order valence-electron chi connectivity index (χ1n) is 9.51. The number of nitrogens with one attached hydrogen (secondary N) is 2. The van der Waals surface area contributed by atoms with Crippen LogP contribution in [0.15, 0.2) is 66.2 Å². The molecule has 10 heteroatoms. The topological polar surface area (TPSA) is 120 Å². The van der Waals surface area contributed by atoms with Crippen LogP contribution >= 0.6 is 0 Å². The highest BCUT2D eigenvalue weighted by molar-refractivity contribution is 5.90. The fraction of sp³-hybridized carbons (Fsp3) is 0.143. The quantitative estimate of drug-likeness (QED) is 0.494. The summed E-state index contributed by atoms with van der Waals surface area (Å²) in [5.41, 5.74) is 2.37. The number of aryl methyl sites for hydroxylation is 1. The van der Waals surface area contributed by atoms with Gasteiger partial charge in [0.25, 0.3) is 5.56 Å². The smallest absolute Gasteiger partial charge is 0.256 e. The summed E-state index contributed by atoms with van der Waals surface area (Å²) in [4.78, 5) is 37.1. The van der Waals surface area contributed by atoms with E-state index >= 15 is 0 Å². The second-order valence-corrected chi connectivity index (χ2v) is 6.85. The number of hydrogen-bond acceptors (Lipinski definition) is 7. The van der Waals surface area contributed by atoms with Crippen LogP contribution < -0.4 is 16.2 Å². The monoisotopic (exact) mass is 416 g/mol. The van der Waals surface area contributed by atoms with Crippen molar-refractivity contribution in [2.45, 2.75) is 20.4 Å². The van der Waals surface area contributed by atoms with Gasteiger partial charge < -0.3 is 10.6 Å². The van der Waals surface area contributed by atoms with Crippen LogP contribution in [-0.2, 0) is 11.3 Å². The Balaban J connectivity index is 1.40. The zero-order valence-corrected chi connectivity index (χ0v) is 17.0. The molecule has 4 rings (SSSR count). The van der Waals surface area contributed by atoms with Crippen molar-refractivity contribution < 1.29 is 4.79 Å². The Kier molecular flexibility index (Phi) is 5.52. The Morgan fingerprint density at radius 1 is 1.06 bits per heavy atom. The van der Waals surface area contributed by atoms with Crippen LogP contribution in [-0.4, -0.2) is 35.2 Å².